The van der Waals surface area contributed by atoms with Gasteiger partial charge in [-0.2, -0.15) is 4.31 Å². The summed E-state index contributed by atoms with van der Waals surface area (Å²) in [6, 6.07) is 14.3. The highest BCUT2D eigenvalue weighted by Crippen LogP contribution is 2.35. The summed E-state index contributed by atoms with van der Waals surface area (Å²) < 4.78 is 33.1. The van der Waals surface area contributed by atoms with Crippen molar-refractivity contribution in [3.05, 3.63) is 54.1 Å². The Kier molecular flexibility index (Phi) is 5.61. The first-order chi connectivity index (χ1) is 14.0. The molecule has 2 aromatic rings. The maximum absolute atomic E-state index is 13.0. The van der Waals surface area contributed by atoms with Gasteiger partial charge >= 0.3 is 0 Å². The molecule has 2 heterocycles. The van der Waals surface area contributed by atoms with Gasteiger partial charge in [0.15, 0.2) is 6.61 Å². The van der Waals surface area contributed by atoms with Crippen LogP contribution >= 0.6 is 0 Å². The number of hydrogen-bond acceptors (Lipinski definition) is 4. The number of sulfonamides is 1. The van der Waals surface area contributed by atoms with Gasteiger partial charge in [-0.25, -0.2) is 8.42 Å². The predicted octanol–water partition coefficient (Wildman–Crippen LogP) is 3.22. The minimum atomic E-state index is -3.48. The molecular formula is C22H26N2O4S. The molecule has 0 spiro atoms. The van der Waals surface area contributed by atoms with Gasteiger partial charge < -0.3 is 9.64 Å². The lowest BCUT2D eigenvalue weighted by atomic mass is 10.1. The van der Waals surface area contributed by atoms with Crippen LogP contribution in [0.25, 0.3) is 0 Å². The predicted molar refractivity (Wildman–Crippen MR) is 112 cm³/mol. The summed E-state index contributed by atoms with van der Waals surface area (Å²) in [6.45, 7) is 3.08. The molecule has 2 aliphatic heterocycles. The van der Waals surface area contributed by atoms with Gasteiger partial charge in [-0.15, -0.1) is 0 Å². The van der Waals surface area contributed by atoms with Crippen LogP contribution < -0.4 is 9.64 Å². The summed E-state index contributed by atoms with van der Waals surface area (Å²) in [4.78, 5) is 14.8. The van der Waals surface area contributed by atoms with Crippen molar-refractivity contribution in [2.75, 3.05) is 24.6 Å². The summed E-state index contributed by atoms with van der Waals surface area (Å²) in [6.07, 6.45) is 3.53. The number of nitrogens with zero attached hydrogens (tertiary/aromatic N) is 2. The molecule has 1 atom stereocenters. The Bertz CT molecular complexity index is 985. The highest BCUT2D eigenvalue weighted by molar-refractivity contribution is 7.89. The second kappa shape index (κ2) is 8.16. The number of amides is 1. The molecule has 1 fully saturated rings. The minimum absolute atomic E-state index is 0.0372. The first kappa shape index (κ1) is 19.9. The van der Waals surface area contributed by atoms with E-state index < -0.39 is 10.0 Å². The van der Waals surface area contributed by atoms with Crippen LogP contribution in [0.3, 0.4) is 0 Å². The van der Waals surface area contributed by atoms with Crippen LogP contribution in [0.5, 0.6) is 5.75 Å². The monoisotopic (exact) mass is 414 g/mol. The van der Waals surface area contributed by atoms with Gasteiger partial charge in [0, 0.05) is 24.8 Å². The third-order valence-electron chi connectivity index (χ3n) is 5.59. The third-order valence-corrected chi connectivity index (χ3v) is 7.49. The second-order valence-corrected chi connectivity index (χ2v) is 9.61. The summed E-state index contributed by atoms with van der Waals surface area (Å²) in [7, 11) is -3.48. The first-order valence-corrected chi connectivity index (χ1v) is 11.5. The highest BCUT2D eigenvalue weighted by atomic mass is 32.2. The fraction of sp³-hybridized carbons (Fsp3) is 0.409. The number of benzene rings is 2. The van der Waals surface area contributed by atoms with E-state index in [2.05, 4.69) is 0 Å². The van der Waals surface area contributed by atoms with Gasteiger partial charge in [-0.1, -0.05) is 24.6 Å². The third kappa shape index (κ3) is 4.02. The van der Waals surface area contributed by atoms with Gasteiger partial charge in [-0.05, 0) is 62.1 Å². The van der Waals surface area contributed by atoms with Crippen LogP contribution in [-0.4, -0.2) is 44.4 Å². The molecule has 1 amide bonds. The van der Waals surface area contributed by atoms with Crippen molar-refractivity contribution in [1.29, 1.82) is 0 Å². The SMILES string of the molecule is C[C@@H]1Cc2cc(S(=O)(=O)N3CCCCC3)ccc2N1C(=O)COc1ccccc1. The molecule has 0 saturated carbocycles. The maximum atomic E-state index is 13.0. The quantitative estimate of drug-likeness (QED) is 0.754. The number of carbonyl (C=O) groups is 1. The topological polar surface area (TPSA) is 66.9 Å². The van der Waals surface area contributed by atoms with Gasteiger partial charge in [0.1, 0.15) is 5.75 Å². The van der Waals surface area contributed by atoms with E-state index in [1.165, 1.54) is 0 Å². The zero-order chi connectivity index (χ0) is 20.4. The van der Waals surface area contributed by atoms with E-state index >= 15 is 0 Å². The van der Waals surface area contributed by atoms with Gasteiger partial charge in [-0.3, -0.25) is 4.79 Å². The Morgan fingerprint density at radius 1 is 1.07 bits per heavy atom. The number of para-hydroxylation sites is 1. The summed E-state index contributed by atoms with van der Waals surface area (Å²) >= 11 is 0. The van der Waals surface area contributed by atoms with Crippen LogP contribution in [0, 0.1) is 0 Å². The number of hydrogen-bond donors (Lipinski definition) is 0. The lowest BCUT2D eigenvalue weighted by molar-refractivity contribution is -0.120. The zero-order valence-electron chi connectivity index (χ0n) is 16.6. The number of piperidine rings is 1. The first-order valence-electron chi connectivity index (χ1n) is 10.1. The van der Waals surface area contributed by atoms with E-state index in [0.29, 0.717) is 30.2 Å². The Morgan fingerprint density at radius 2 is 1.79 bits per heavy atom. The van der Waals surface area contributed by atoms with Crippen molar-refractivity contribution < 1.29 is 17.9 Å². The summed E-state index contributed by atoms with van der Waals surface area (Å²) in [5.41, 5.74) is 1.67. The fourth-order valence-corrected chi connectivity index (χ4v) is 5.70. The molecule has 29 heavy (non-hydrogen) atoms. The lowest BCUT2D eigenvalue weighted by Crippen LogP contribution is -2.39. The molecule has 2 aromatic carbocycles. The Labute approximate surface area is 172 Å². The van der Waals surface area contributed by atoms with Crippen LogP contribution in [0.15, 0.2) is 53.4 Å². The van der Waals surface area contributed by atoms with Crippen molar-refractivity contribution in [3.63, 3.8) is 0 Å². The summed E-state index contributed by atoms with van der Waals surface area (Å²) in [5, 5.41) is 0. The molecule has 0 bridgehead atoms. The molecular weight excluding hydrogens is 388 g/mol. The van der Waals surface area contributed by atoms with Crippen molar-refractivity contribution in [2.45, 2.75) is 43.5 Å². The molecule has 0 aromatic heterocycles. The average molecular weight is 415 g/mol. The molecule has 0 N–H and O–H groups in total. The van der Waals surface area contributed by atoms with E-state index in [0.717, 1.165) is 30.5 Å². The van der Waals surface area contributed by atoms with Crippen LogP contribution in [-0.2, 0) is 21.2 Å². The standard InChI is InChI=1S/C22H26N2O4S/c1-17-14-18-15-20(29(26,27)23-12-6-3-7-13-23)10-11-21(18)24(17)22(25)16-28-19-8-4-2-5-9-19/h2,4-5,8-11,15,17H,3,6-7,12-14,16H2,1H3/t17-/m1/s1. The van der Waals surface area contributed by atoms with E-state index in [9.17, 15) is 13.2 Å². The van der Waals surface area contributed by atoms with Crippen LogP contribution in [0.1, 0.15) is 31.7 Å². The number of anilines is 1. The minimum Gasteiger partial charge on any atom is -0.484 e. The van der Waals surface area contributed by atoms with Gasteiger partial charge in [0.2, 0.25) is 10.0 Å². The van der Waals surface area contributed by atoms with E-state index in [1.807, 2.05) is 37.3 Å². The molecule has 6 nitrogen and oxygen atoms in total. The van der Waals surface area contributed by atoms with Crippen molar-refractivity contribution in [3.8, 4) is 5.75 Å². The Morgan fingerprint density at radius 3 is 2.52 bits per heavy atom. The number of fused-ring (bicyclic) bond motifs is 1. The van der Waals surface area contributed by atoms with Gasteiger partial charge in [0.05, 0.1) is 4.90 Å². The molecule has 1 saturated heterocycles. The highest BCUT2D eigenvalue weighted by Gasteiger charge is 2.33. The van der Waals surface area contributed by atoms with Crippen LogP contribution in [0.4, 0.5) is 5.69 Å². The average Bonchev–Trinajstić information content (AvgIpc) is 3.08. The Hall–Kier alpha value is -2.38. The number of rotatable bonds is 5. The smallest absolute Gasteiger partial charge is 0.265 e. The van der Waals surface area contributed by atoms with Crippen molar-refractivity contribution in [2.24, 2.45) is 0 Å². The maximum Gasteiger partial charge on any atom is 0.265 e. The number of carbonyl (C=O) groups excluding carboxylic acids is 1. The lowest BCUT2D eigenvalue weighted by Gasteiger charge is -2.26. The molecule has 154 valence electrons. The van der Waals surface area contributed by atoms with Crippen LogP contribution in [0.2, 0.25) is 0 Å². The molecule has 4 rings (SSSR count). The molecule has 2 aliphatic rings. The molecule has 0 unspecified atom stereocenters. The molecule has 0 aliphatic carbocycles. The van der Waals surface area contributed by atoms with E-state index in [4.69, 9.17) is 4.74 Å². The van der Waals surface area contributed by atoms with E-state index in [1.54, 1.807) is 27.4 Å². The normalized spacial score (nSPS) is 19.8. The molecule has 7 heteroatoms. The van der Waals surface area contributed by atoms with Crippen molar-refractivity contribution in [1.82, 2.24) is 4.31 Å². The second-order valence-electron chi connectivity index (χ2n) is 7.67. The summed E-state index contributed by atoms with van der Waals surface area (Å²) in [5.74, 6) is 0.516. The largest absolute Gasteiger partial charge is 0.484 e. The van der Waals surface area contributed by atoms with E-state index in [-0.39, 0.29) is 18.6 Å². The number of ether oxygens (including phenoxy) is 1. The Balaban J connectivity index is 1.52. The zero-order valence-corrected chi connectivity index (χ0v) is 17.4. The fourth-order valence-electron chi connectivity index (χ4n) is 4.13. The van der Waals surface area contributed by atoms with Crippen molar-refractivity contribution >= 4 is 21.6 Å². The molecule has 0 radical (unpaired) electrons. The van der Waals surface area contributed by atoms with Gasteiger partial charge in [0.25, 0.3) is 5.91 Å².